The van der Waals surface area contributed by atoms with Crippen LogP contribution in [0.3, 0.4) is 0 Å². The molecular weight excluding hydrogens is 347 g/mol. The molecule has 0 saturated carbocycles. The van der Waals surface area contributed by atoms with Gasteiger partial charge in [-0.25, -0.2) is 4.98 Å². The minimum atomic E-state index is 0.490. The van der Waals surface area contributed by atoms with Gasteiger partial charge in [-0.2, -0.15) is 0 Å². The Bertz CT molecular complexity index is 572. The van der Waals surface area contributed by atoms with Gasteiger partial charge in [0.1, 0.15) is 0 Å². The van der Waals surface area contributed by atoms with Crippen LogP contribution in [0.5, 0.6) is 0 Å². The van der Waals surface area contributed by atoms with Crippen molar-refractivity contribution in [3.05, 3.63) is 47.0 Å². The van der Waals surface area contributed by atoms with Crippen molar-refractivity contribution >= 4 is 35.0 Å². The van der Waals surface area contributed by atoms with Crippen molar-refractivity contribution in [3.8, 4) is 0 Å². The van der Waals surface area contributed by atoms with E-state index in [9.17, 15) is 0 Å². The Morgan fingerprint density at radius 3 is 2.70 bits per heavy atom. The van der Waals surface area contributed by atoms with Gasteiger partial charge in [0.05, 0.1) is 11.3 Å². The third kappa shape index (κ3) is 6.78. The standard InChI is InChI=1S/C18H24Cl2N2S/c1-2-3-4-5-6-7-16(13-22-11-10-21-14-22)23-18-9-8-15(19)12-17(18)20/h8-12,14,16H,2-7,13H2,1H3. The maximum absolute atomic E-state index is 6.33. The number of hydrogen-bond acceptors (Lipinski definition) is 2. The molecule has 0 bridgehead atoms. The van der Waals surface area contributed by atoms with Gasteiger partial charge in [-0.05, 0) is 24.6 Å². The number of halogens is 2. The van der Waals surface area contributed by atoms with Crippen molar-refractivity contribution in [1.82, 2.24) is 9.55 Å². The topological polar surface area (TPSA) is 17.8 Å². The first kappa shape index (κ1) is 18.7. The molecule has 126 valence electrons. The van der Waals surface area contributed by atoms with E-state index < -0.39 is 0 Å². The van der Waals surface area contributed by atoms with Gasteiger partial charge >= 0.3 is 0 Å². The molecule has 0 amide bonds. The molecule has 0 aliphatic heterocycles. The van der Waals surface area contributed by atoms with Crippen molar-refractivity contribution in [1.29, 1.82) is 0 Å². The predicted molar refractivity (Wildman–Crippen MR) is 102 cm³/mol. The van der Waals surface area contributed by atoms with Gasteiger partial charge in [0.2, 0.25) is 0 Å². The van der Waals surface area contributed by atoms with Gasteiger partial charge in [-0.15, -0.1) is 11.8 Å². The number of nitrogens with zero attached hydrogens (tertiary/aromatic N) is 2. The molecule has 0 aliphatic carbocycles. The highest BCUT2D eigenvalue weighted by molar-refractivity contribution is 8.00. The molecule has 23 heavy (non-hydrogen) atoms. The van der Waals surface area contributed by atoms with E-state index in [0.29, 0.717) is 10.3 Å². The highest BCUT2D eigenvalue weighted by Crippen LogP contribution is 2.34. The van der Waals surface area contributed by atoms with Gasteiger partial charge < -0.3 is 4.57 Å². The summed E-state index contributed by atoms with van der Waals surface area (Å²) in [6, 6.07) is 5.75. The molecule has 1 atom stereocenters. The first-order chi connectivity index (χ1) is 11.2. The quantitative estimate of drug-likeness (QED) is 0.341. The second kappa shape index (κ2) is 10.3. The first-order valence-corrected chi connectivity index (χ1v) is 9.90. The van der Waals surface area contributed by atoms with Crippen LogP contribution in [0.4, 0.5) is 0 Å². The Labute approximate surface area is 153 Å². The van der Waals surface area contributed by atoms with Crippen LogP contribution in [0, 0.1) is 0 Å². The molecule has 0 spiro atoms. The van der Waals surface area contributed by atoms with E-state index >= 15 is 0 Å². The lowest BCUT2D eigenvalue weighted by Crippen LogP contribution is -2.12. The van der Waals surface area contributed by atoms with Crippen LogP contribution >= 0.6 is 35.0 Å². The minimum absolute atomic E-state index is 0.490. The number of benzene rings is 1. The van der Waals surface area contributed by atoms with Crippen LogP contribution in [0.1, 0.15) is 45.4 Å². The summed E-state index contributed by atoms with van der Waals surface area (Å²) in [7, 11) is 0. The van der Waals surface area contributed by atoms with Gasteiger partial charge in [0, 0.05) is 34.1 Å². The van der Waals surface area contributed by atoms with Crippen molar-refractivity contribution in [2.45, 2.75) is 62.1 Å². The number of unbranched alkanes of at least 4 members (excludes halogenated alkanes) is 4. The fraction of sp³-hybridized carbons (Fsp3) is 0.500. The summed E-state index contributed by atoms with van der Waals surface area (Å²) in [5.74, 6) is 0. The third-order valence-electron chi connectivity index (χ3n) is 3.79. The molecule has 1 aromatic heterocycles. The lowest BCUT2D eigenvalue weighted by Gasteiger charge is -2.18. The normalized spacial score (nSPS) is 12.5. The molecule has 5 heteroatoms. The summed E-state index contributed by atoms with van der Waals surface area (Å²) in [4.78, 5) is 5.25. The highest BCUT2D eigenvalue weighted by Gasteiger charge is 2.13. The summed E-state index contributed by atoms with van der Waals surface area (Å²) in [5.41, 5.74) is 0. The zero-order chi connectivity index (χ0) is 16.5. The molecule has 0 N–H and O–H groups in total. The van der Waals surface area contributed by atoms with E-state index in [1.807, 2.05) is 48.7 Å². The number of thioether (sulfide) groups is 1. The Hall–Kier alpha value is -0.640. The molecule has 0 fully saturated rings. The molecule has 0 radical (unpaired) electrons. The van der Waals surface area contributed by atoms with E-state index in [-0.39, 0.29) is 0 Å². The van der Waals surface area contributed by atoms with Crippen LogP contribution in [-0.4, -0.2) is 14.8 Å². The van der Waals surface area contributed by atoms with E-state index in [1.54, 1.807) is 0 Å². The summed E-state index contributed by atoms with van der Waals surface area (Å²) in [6.45, 7) is 3.21. The maximum atomic E-state index is 6.33. The van der Waals surface area contributed by atoms with Crippen LogP contribution in [0.15, 0.2) is 41.8 Å². The average Bonchev–Trinajstić information content (AvgIpc) is 3.02. The smallest absolute Gasteiger partial charge is 0.0946 e. The molecule has 0 saturated heterocycles. The number of rotatable bonds is 10. The summed E-state index contributed by atoms with van der Waals surface area (Å²) < 4.78 is 2.15. The molecular formula is C18H24Cl2N2S. The number of imidazole rings is 1. The lowest BCUT2D eigenvalue weighted by atomic mass is 10.1. The maximum Gasteiger partial charge on any atom is 0.0946 e. The predicted octanol–water partition coefficient (Wildman–Crippen LogP) is 6.71. The Kier molecular flexibility index (Phi) is 8.35. The molecule has 2 nitrogen and oxygen atoms in total. The number of hydrogen-bond donors (Lipinski definition) is 0. The second-order valence-corrected chi connectivity index (χ2v) is 7.96. The fourth-order valence-electron chi connectivity index (χ4n) is 2.54. The molecule has 2 aromatic rings. The highest BCUT2D eigenvalue weighted by atomic mass is 35.5. The van der Waals surface area contributed by atoms with Crippen molar-refractivity contribution in [2.24, 2.45) is 0 Å². The van der Waals surface area contributed by atoms with Crippen LogP contribution < -0.4 is 0 Å². The zero-order valence-corrected chi connectivity index (χ0v) is 15.9. The monoisotopic (exact) mass is 370 g/mol. The van der Waals surface area contributed by atoms with E-state index in [2.05, 4.69) is 16.5 Å². The van der Waals surface area contributed by atoms with Crippen LogP contribution in [0.2, 0.25) is 10.0 Å². The minimum Gasteiger partial charge on any atom is -0.336 e. The van der Waals surface area contributed by atoms with E-state index in [0.717, 1.165) is 16.5 Å². The molecule has 1 heterocycles. The molecule has 1 aromatic carbocycles. The molecule has 0 aliphatic rings. The van der Waals surface area contributed by atoms with Gasteiger partial charge in [-0.3, -0.25) is 0 Å². The third-order valence-corrected chi connectivity index (χ3v) is 5.78. The SMILES string of the molecule is CCCCCCCC(Cn1ccnc1)Sc1ccc(Cl)cc1Cl. The fourth-order valence-corrected chi connectivity index (χ4v) is 4.29. The second-order valence-electron chi connectivity index (χ2n) is 5.78. The summed E-state index contributed by atoms with van der Waals surface area (Å²) in [5, 5.41) is 1.92. The Morgan fingerprint density at radius 1 is 1.17 bits per heavy atom. The summed E-state index contributed by atoms with van der Waals surface area (Å²) in [6.07, 6.45) is 13.4. The van der Waals surface area contributed by atoms with Crippen molar-refractivity contribution in [2.75, 3.05) is 0 Å². The van der Waals surface area contributed by atoms with Crippen molar-refractivity contribution in [3.63, 3.8) is 0 Å². The largest absolute Gasteiger partial charge is 0.336 e. The number of aromatic nitrogens is 2. The lowest BCUT2D eigenvalue weighted by molar-refractivity contribution is 0.560. The first-order valence-electron chi connectivity index (χ1n) is 8.26. The Morgan fingerprint density at radius 2 is 2.00 bits per heavy atom. The summed E-state index contributed by atoms with van der Waals surface area (Å²) >= 11 is 14.2. The zero-order valence-electron chi connectivity index (χ0n) is 13.5. The van der Waals surface area contributed by atoms with Gasteiger partial charge in [0.15, 0.2) is 0 Å². The van der Waals surface area contributed by atoms with E-state index in [4.69, 9.17) is 23.2 Å². The average molecular weight is 371 g/mol. The molecule has 1 unspecified atom stereocenters. The van der Waals surface area contributed by atoms with Crippen LogP contribution in [-0.2, 0) is 6.54 Å². The van der Waals surface area contributed by atoms with Crippen molar-refractivity contribution < 1.29 is 0 Å². The molecule has 2 rings (SSSR count). The Balaban J connectivity index is 1.94. The van der Waals surface area contributed by atoms with Gasteiger partial charge in [0.25, 0.3) is 0 Å². The van der Waals surface area contributed by atoms with E-state index in [1.165, 1.54) is 38.5 Å². The van der Waals surface area contributed by atoms with Crippen LogP contribution in [0.25, 0.3) is 0 Å². The van der Waals surface area contributed by atoms with Gasteiger partial charge in [-0.1, -0.05) is 62.2 Å².